The second-order valence-corrected chi connectivity index (χ2v) is 12.5. The molecule has 0 amide bonds. The van der Waals surface area contributed by atoms with Crippen molar-refractivity contribution in [3.8, 4) is 17.2 Å². The molecule has 13 nitrogen and oxygen atoms in total. The smallest absolute Gasteiger partial charge is 0.270 e. The van der Waals surface area contributed by atoms with E-state index >= 15 is 0 Å². The summed E-state index contributed by atoms with van der Waals surface area (Å²) in [6.45, 7) is 2.39. The maximum atomic E-state index is 13.8. The summed E-state index contributed by atoms with van der Waals surface area (Å²) in [7, 11) is 1.91. The number of likely N-dealkylation sites (tertiary alicyclic amines) is 1. The molecule has 3 heterocycles. The fraction of sp³-hybridized carbons (Fsp3) is 0.448. The number of nitrogens with zero attached hydrogens (tertiary/aromatic N) is 3. The van der Waals surface area contributed by atoms with Gasteiger partial charge in [-0.25, -0.2) is 8.42 Å². The molecule has 0 atom stereocenters. The first-order valence-corrected chi connectivity index (χ1v) is 15.6. The number of methoxy groups -OCH3 is 4. The molecule has 6 rings (SSSR count). The van der Waals surface area contributed by atoms with E-state index in [1.54, 1.807) is 31.4 Å². The molecule has 1 saturated heterocycles. The number of H-pyrrole nitrogens is 1. The van der Waals surface area contributed by atoms with Gasteiger partial charge in [-0.15, -0.1) is 0 Å². The van der Waals surface area contributed by atoms with Crippen molar-refractivity contribution in [3.63, 3.8) is 0 Å². The molecule has 2 aliphatic rings. The number of aromatic nitrogens is 3. The zero-order valence-corrected chi connectivity index (χ0v) is 25.4. The maximum absolute atomic E-state index is 13.8. The summed E-state index contributed by atoms with van der Waals surface area (Å²) in [6, 6.07) is 8.77. The van der Waals surface area contributed by atoms with Gasteiger partial charge < -0.3 is 28.8 Å². The fourth-order valence-electron chi connectivity index (χ4n) is 5.48. The Labute approximate surface area is 249 Å². The molecule has 3 N–H and O–H groups in total. The van der Waals surface area contributed by atoms with Crippen LogP contribution in [0.3, 0.4) is 0 Å². The summed E-state index contributed by atoms with van der Waals surface area (Å²) < 4.78 is 57.8. The zero-order chi connectivity index (χ0) is 30.1. The van der Waals surface area contributed by atoms with Crippen molar-refractivity contribution in [2.24, 2.45) is 0 Å². The Morgan fingerprint density at radius 2 is 1.65 bits per heavy atom. The molecule has 2 aromatic carbocycles. The minimum Gasteiger partial charge on any atom is -0.495 e. The molecule has 43 heavy (non-hydrogen) atoms. The van der Waals surface area contributed by atoms with Crippen molar-refractivity contribution in [2.75, 3.05) is 51.6 Å². The minimum absolute atomic E-state index is 0.00448. The summed E-state index contributed by atoms with van der Waals surface area (Å²) in [4.78, 5) is 2.16. The van der Waals surface area contributed by atoms with Gasteiger partial charge in [0.1, 0.15) is 17.2 Å². The molecular weight excluding hydrogens is 576 g/mol. The molecule has 4 aromatic rings. The van der Waals surface area contributed by atoms with Crippen LogP contribution in [0, 0.1) is 0 Å². The number of piperidine rings is 1. The van der Waals surface area contributed by atoms with Gasteiger partial charge in [0.15, 0.2) is 22.1 Å². The average Bonchev–Trinajstić information content (AvgIpc) is 3.65. The molecule has 0 spiro atoms. The van der Waals surface area contributed by atoms with E-state index in [1.807, 2.05) is 6.07 Å². The maximum Gasteiger partial charge on any atom is 0.270 e. The summed E-state index contributed by atoms with van der Waals surface area (Å²) >= 11 is 0. The highest BCUT2D eigenvalue weighted by Gasteiger charge is 2.29. The molecule has 2 aromatic heterocycles. The van der Waals surface area contributed by atoms with E-state index in [2.05, 4.69) is 30.3 Å². The van der Waals surface area contributed by atoms with Crippen LogP contribution in [-0.2, 0) is 21.3 Å². The van der Waals surface area contributed by atoms with E-state index < -0.39 is 10.0 Å². The summed E-state index contributed by atoms with van der Waals surface area (Å²) in [6.07, 6.45) is 4.47. The number of ether oxygens (including phenoxy) is 4. The number of aromatic amines is 1. The van der Waals surface area contributed by atoms with Crippen LogP contribution in [0.5, 0.6) is 17.2 Å². The van der Waals surface area contributed by atoms with Crippen LogP contribution in [0.15, 0.2) is 39.8 Å². The lowest BCUT2D eigenvalue weighted by Gasteiger charge is -2.31. The van der Waals surface area contributed by atoms with Gasteiger partial charge in [-0.1, -0.05) is 5.16 Å². The van der Waals surface area contributed by atoms with Crippen molar-refractivity contribution in [1.29, 1.82) is 0 Å². The van der Waals surface area contributed by atoms with Gasteiger partial charge in [0.25, 0.3) is 10.0 Å². The second-order valence-electron chi connectivity index (χ2n) is 10.8. The van der Waals surface area contributed by atoms with E-state index in [-0.39, 0.29) is 28.3 Å². The molecule has 1 aliphatic carbocycles. The third kappa shape index (κ3) is 6.08. The number of fused-ring (bicyclic) bond motifs is 1. The number of anilines is 3. The van der Waals surface area contributed by atoms with Crippen molar-refractivity contribution >= 4 is 38.3 Å². The number of sulfonamides is 1. The largest absolute Gasteiger partial charge is 0.495 e. The highest BCUT2D eigenvalue weighted by Crippen LogP contribution is 2.41. The molecule has 2 fully saturated rings. The lowest BCUT2D eigenvalue weighted by Crippen LogP contribution is -2.36. The van der Waals surface area contributed by atoms with E-state index in [1.165, 1.54) is 21.3 Å². The fourth-order valence-corrected chi connectivity index (χ4v) is 6.79. The highest BCUT2D eigenvalue weighted by atomic mass is 32.2. The number of benzene rings is 2. The summed E-state index contributed by atoms with van der Waals surface area (Å²) in [5, 5.41) is 15.1. The van der Waals surface area contributed by atoms with Gasteiger partial charge in [-0.3, -0.25) is 14.7 Å². The van der Waals surface area contributed by atoms with Crippen LogP contribution in [0.2, 0.25) is 0 Å². The lowest BCUT2D eigenvalue weighted by molar-refractivity contribution is 0.0388. The molecular formula is C29H36N6O7S. The molecule has 0 radical (unpaired) electrons. The summed E-state index contributed by atoms with van der Waals surface area (Å²) in [5.74, 6) is 1.96. The lowest BCUT2D eigenvalue weighted by atomic mass is 10.1. The molecule has 0 bridgehead atoms. The highest BCUT2D eigenvalue weighted by molar-refractivity contribution is 7.93. The first kappa shape index (κ1) is 29.1. The van der Waals surface area contributed by atoms with Gasteiger partial charge in [0, 0.05) is 50.5 Å². The Bertz CT molecular complexity index is 1680. The zero-order valence-electron chi connectivity index (χ0n) is 24.6. The molecule has 0 unspecified atom stereocenters. The van der Waals surface area contributed by atoms with E-state index in [0.717, 1.165) is 50.0 Å². The Hall–Kier alpha value is -4.01. The second kappa shape index (κ2) is 11.9. The van der Waals surface area contributed by atoms with Crippen molar-refractivity contribution in [2.45, 2.75) is 49.1 Å². The quantitative estimate of drug-likeness (QED) is 0.206. The Kier molecular flexibility index (Phi) is 8.07. The van der Waals surface area contributed by atoms with Crippen LogP contribution in [0.25, 0.3) is 11.0 Å². The Balaban J connectivity index is 1.25. The number of hydrogen-bond donors (Lipinski definition) is 3. The minimum atomic E-state index is -4.22. The first-order valence-electron chi connectivity index (χ1n) is 14.1. The topological polar surface area (TPSA) is 153 Å². The van der Waals surface area contributed by atoms with Gasteiger partial charge in [0.05, 0.1) is 38.5 Å². The molecule has 1 saturated carbocycles. The SMILES string of the molecule is COc1cc2c(NS(=O)(=O)c3c(OC)cc(CN4CCC(OC)CC4)cc3OC)noc2cc1Nc1cc(C2CC2)[nH]n1. The Morgan fingerprint density at radius 3 is 2.28 bits per heavy atom. The monoisotopic (exact) mass is 612 g/mol. The van der Waals surface area contributed by atoms with Gasteiger partial charge in [-0.2, -0.15) is 5.10 Å². The van der Waals surface area contributed by atoms with Gasteiger partial charge in [0.2, 0.25) is 0 Å². The van der Waals surface area contributed by atoms with Crippen LogP contribution in [0.1, 0.15) is 42.9 Å². The molecule has 1 aliphatic heterocycles. The van der Waals surface area contributed by atoms with Crippen LogP contribution < -0.4 is 24.2 Å². The first-order chi connectivity index (χ1) is 20.8. The van der Waals surface area contributed by atoms with Gasteiger partial charge >= 0.3 is 0 Å². The normalized spacial score (nSPS) is 16.4. The van der Waals surface area contributed by atoms with Crippen LogP contribution in [-0.4, -0.2) is 76.3 Å². The summed E-state index contributed by atoms with van der Waals surface area (Å²) in [5.41, 5.74) is 2.91. The number of hydrogen-bond acceptors (Lipinski definition) is 11. The standard InChI is InChI=1S/C29H36N6O7S/c1-38-19-7-9-35(10-8-19)16-17-11-25(40-3)28(26(12-17)41-4)43(36,37)34-29-20-13-24(39-2)22(14-23(20)42-33-29)30-27-15-21(31-32-27)18-5-6-18/h11-15,18-19H,5-10,16H2,1-4H3,(H,33,34)(H2,30,31,32). The molecule has 230 valence electrons. The predicted octanol–water partition coefficient (Wildman–Crippen LogP) is 4.61. The van der Waals surface area contributed by atoms with Gasteiger partial charge in [-0.05, 0) is 49.4 Å². The van der Waals surface area contributed by atoms with E-state index in [0.29, 0.717) is 40.7 Å². The van der Waals surface area contributed by atoms with E-state index in [4.69, 9.17) is 23.5 Å². The van der Waals surface area contributed by atoms with E-state index in [9.17, 15) is 8.42 Å². The molecule has 14 heteroatoms. The van der Waals surface area contributed by atoms with Crippen molar-refractivity contribution < 1.29 is 31.9 Å². The van der Waals surface area contributed by atoms with Crippen LogP contribution in [0.4, 0.5) is 17.3 Å². The number of rotatable bonds is 12. The third-order valence-corrected chi connectivity index (χ3v) is 9.37. The average molecular weight is 613 g/mol. The van der Waals surface area contributed by atoms with Crippen molar-refractivity contribution in [1.82, 2.24) is 20.3 Å². The number of nitrogens with one attached hydrogen (secondary N) is 3. The van der Waals surface area contributed by atoms with Crippen molar-refractivity contribution in [3.05, 3.63) is 41.6 Å². The predicted molar refractivity (Wildman–Crippen MR) is 160 cm³/mol. The Morgan fingerprint density at radius 1 is 0.953 bits per heavy atom. The third-order valence-electron chi connectivity index (χ3n) is 7.96. The van der Waals surface area contributed by atoms with Crippen LogP contribution >= 0.6 is 0 Å².